The van der Waals surface area contributed by atoms with Gasteiger partial charge in [0.1, 0.15) is 6.54 Å². The molecule has 0 aromatic heterocycles. The average molecular weight is 455 g/mol. The van der Waals surface area contributed by atoms with E-state index in [9.17, 15) is 13.2 Å². The van der Waals surface area contributed by atoms with E-state index < -0.39 is 22.5 Å². The van der Waals surface area contributed by atoms with Crippen LogP contribution in [0.3, 0.4) is 0 Å². The minimum atomic E-state index is -3.97. The lowest BCUT2D eigenvalue weighted by atomic mass is 10.1. The zero-order valence-corrected chi connectivity index (χ0v) is 19.3. The van der Waals surface area contributed by atoms with Gasteiger partial charge in [0.2, 0.25) is 5.91 Å². The molecule has 1 amide bonds. The number of ether oxygens (including phenoxy) is 2. The van der Waals surface area contributed by atoms with Gasteiger partial charge in [0.25, 0.3) is 10.0 Å². The lowest BCUT2D eigenvalue weighted by Crippen LogP contribution is -2.38. The molecule has 3 aromatic carbocycles. The minimum absolute atomic E-state index is 0.110. The summed E-state index contributed by atoms with van der Waals surface area (Å²) in [5, 5.41) is 2.74. The molecule has 0 saturated heterocycles. The van der Waals surface area contributed by atoms with Gasteiger partial charge in [-0.15, -0.1) is 0 Å². The highest BCUT2D eigenvalue weighted by atomic mass is 32.2. The van der Waals surface area contributed by atoms with Gasteiger partial charge in [-0.25, -0.2) is 8.42 Å². The Morgan fingerprint density at radius 1 is 0.906 bits per heavy atom. The SMILES string of the molecule is COc1ccc(NC(=O)CN(c2ccc(C)cc2C)S(=O)(=O)c2ccccc2)cc1OC. The van der Waals surface area contributed by atoms with Crippen LogP contribution < -0.4 is 19.1 Å². The van der Waals surface area contributed by atoms with Crippen molar-refractivity contribution in [3.63, 3.8) is 0 Å². The van der Waals surface area contributed by atoms with Crippen LogP contribution in [0.25, 0.3) is 0 Å². The molecule has 0 atom stereocenters. The van der Waals surface area contributed by atoms with Crippen molar-refractivity contribution >= 4 is 27.3 Å². The highest BCUT2D eigenvalue weighted by Gasteiger charge is 2.28. The van der Waals surface area contributed by atoms with Gasteiger partial charge in [-0.2, -0.15) is 0 Å². The fourth-order valence-corrected chi connectivity index (χ4v) is 4.86. The van der Waals surface area contributed by atoms with E-state index in [0.29, 0.717) is 22.9 Å². The van der Waals surface area contributed by atoms with Crippen molar-refractivity contribution in [1.29, 1.82) is 0 Å². The minimum Gasteiger partial charge on any atom is -0.493 e. The number of aryl methyl sites for hydroxylation is 2. The standard InChI is InChI=1S/C24H26N2O5S/c1-17-10-12-21(18(2)14-17)26(32(28,29)20-8-6-5-7-9-20)16-24(27)25-19-11-13-22(30-3)23(15-19)31-4/h5-15H,16H2,1-4H3,(H,25,27). The number of hydrogen-bond acceptors (Lipinski definition) is 5. The second-order valence-corrected chi connectivity index (χ2v) is 9.09. The highest BCUT2D eigenvalue weighted by Crippen LogP contribution is 2.30. The summed E-state index contributed by atoms with van der Waals surface area (Å²) in [6, 6.07) is 18.4. The number of benzene rings is 3. The molecule has 0 spiro atoms. The number of carbonyl (C=O) groups excluding carboxylic acids is 1. The normalized spacial score (nSPS) is 11.0. The maximum atomic E-state index is 13.5. The van der Waals surface area contributed by atoms with Crippen molar-refractivity contribution in [2.24, 2.45) is 0 Å². The van der Waals surface area contributed by atoms with Gasteiger partial charge in [0.05, 0.1) is 24.8 Å². The van der Waals surface area contributed by atoms with E-state index in [1.807, 2.05) is 26.0 Å². The van der Waals surface area contributed by atoms with Crippen molar-refractivity contribution in [2.75, 3.05) is 30.4 Å². The van der Waals surface area contributed by atoms with Crippen LogP contribution in [0.5, 0.6) is 11.5 Å². The number of sulfonamides is 1. The van der Waals surface area contributed by atoms with Crippen molar-refractivity contribution < 1.29 is 22.7 Å². The molecule has 0 fully saturated rings. The summed E-state index contributed by atoms with van der Waals surface area (Å²) < 4.78 is 38.5. The molecular formula is C24H26N2O5S. The molecule has 0 bridgehead atoms. The van der Waals surface area contributed by atoms with E-state index in [1.165, 1.54) is 26.4 Å². The monoisotopic (exact) mass is 454 g/mol. The molecule has 32 heavy (non-hydrogen) atoms. The van der Waals surface area contributed by atoms with Crippen LogP contribution in [0, 0.1) is 13.8 Å². The van der Waals surface area contributed by atoms with Crippen LogP contribution in [0.15, 0.2) is 71.6 Å². The molecule has 0 aliphatic carbocycles. The molecule has 7 nitrogen and oxygen atoms in total. The highest BCUT2D eigenvalue weighted by molar-refractivity contribution is 7.92. The Morgan fingerprint density at radius 2 is 1.59 bits per heavy atom. The molecule has 0 unspecified atom stereocenters. The molecule has 3 rings (SSSR count). The first kappa shape index (κ1) is 23.1. The zero-order valence-electron chi connectivity index (χ0n) is 18.5. The number of anilines is 2. The molecule has 0 aliphatic heterocycles. The Kier molecular flexibility index (Phi) is 7.05. The molecule has 168 valence electrons. The Bertz CT molecular complexity index is 1210. The number of nitrogens with one attached hydrogen (secondary N) is 1. The Hall–Kier alpha value is -3.52. The van der Waals surface area contributed by atoms with E-state index in [1.54, 1.807) is 42.5 Å². The van der Waals surface area contributed by atoms with E-state index in [0.717, 1.165) is 15.4 Å². The lowest BCUT2D eigenvalue weighted by Gasteiger charge is -2.26. The van der Waals surface area contributed by atoms with Gasteiger partial charge in [0.15, 0.2) is 11.5 Å². The predicted octanol–water partition coefficient (Wildman–Crippen LogP) is 4.15. The maximum absolute atomic E-state index is 13.5. The largest absolute Gasteiger partial charge is 0.493 e. The Morgan fingerprint density at radius 3 is 2.22 bits per heavy atom. The molecule has 1 N–H and O–H groups in total. The van der Waals surface area contributed by atoms with E-state index in [2.05, 4.69) is 5.32 Å². The second kappa shape index (κ2) is 9.74. The molecule has 0 heterocycles. The number of carbonyl (C=O) groups is 1. The molecule has 3 aromatic rings. The van der Waals surface area contributed by atoms with Gasteiger partial charge in [-0.1, -0.05) is 35.9 Å². The number of rotatable bonds is 8. The summed E-state index contributed by atoms with van der Waals surface area (Å²) in [4.78, 5) is 13.0. The maximum Gasteiger partial charge on any atom is 0.264 e. The van der Waals surface area contributed by atoms with Crippen LogP contribution in [-0.4, -0.2) is 35.1 Å². The Labute approximate surface area is 188 Å². The van der Waals surface area contributed by atoms with Gasteiger partial charge < -0.3 is 14.8 Å². The van der Waals surface area contributed by atoms with Crippen molar-refractivity contribution in [3.05, 3.63) is 77.9 Å². The lowest BCUT2D eigenvalue weighted by molar-refractivity contribution is -0.114. The summed E-state index contributed by atoms with van der Waals surface area (Å²) in [5.74, 6) is 0.485. The van der Waals surface area contributed by atoms with E-state index >= 15 is 0 Å². The molecule has 0 radical (unpaired) electrons. The van der Waals surface area contributed by atoms with Gasteiger partial charge >= 0.3 is 0 Å². The van der Waals surface area contributed by atoms with Crippen LogP contribution in [0.2, 0.25) is 0 Å². The summed E-state index contributed by atoms with van der Waals surface area (Å²) in [7, 11) is -0.955. The van der Waals surface area contributed by atoms with Gasteiger partial charge in [0, 0.05) is 11.8 Å². The fourth-order valence-electron chi connectivity index (χ4n) is 3.35. The number of amides is 1. The van der Waals surface area contributed by atoms with Crippen LogP contribution >= 0.6 is 0 Å². The number of methoxy groups -OCH3 is 2. The molecule has 8 heteroatoms. The summed E-state index contributed by atoms with van der Waals surface area (Å²) >= 11 is 0. The van der Waals surface area contributed by atoms with Crippen LogP contribution in [0.4, 0.5) is 11.4 Å². The third-order valence-electron chi connectivity index (χ3n) is 4.91. The second-order valence-electron chi connectivity index (χ2n) is 7.23. The third kappa shape index (κ3) is 5.03. The molecule has 0 saturated carbocycles. The Balaban J connectivity index is 1.95. The zero-order chi connectivity index (χ0) is 23.3. The first-order valence-corrected chi connectivity index (χ1v) is 11.4. The van der Waals surface area contributed by atoms with Crippen LogP contribution in [0.1, 0.15) is 11.1 Å². The summed E-state index contributed by atoms with van der Waals surface area (Å²) in [6.07, 6.45) is 0. The van der Waals surface area contributed by atoms with Gasteiger partial charge in [-0.3, -0.25) is 9.10 Å². The van der Waals surface area contributed by atoms with Crippen LogP contribution in [-0.2, 0) is 14.8 Å². The van der Waals surface area contributed by atoms with Crippen molar-refractivity contribution in [2.45, 2.75) is 18.7 Å². The molecular weight excluding hydrogens is 428 g/mol. The smallest absolute Gasteiger partial charge is 0.264 e. The number of nitrogens with zero attached hydrogens (tertiary/aromatic N) is 1. The average Bonchev–Trinajstić information content (AvgIpc) is 2.78. The predicted molar refractivity (Wildman–Crippen MR) is 125 cm³/mol. The van der Waals surface area contributed by atoms with Crippen molar-refractivity contribution in [1.82, 2.24) is 0 Å². The van der Waals surface area contributed by atoms with E-state index in [4.69, 9.17) is 9.47 Å². The first-order valence-electron chi connectivity index (χ1n) is 9.93. The van der Waals surface area contributed by atoms with Gasteiger partial charge in [-0.05, 0) is 49.7 Å². The topological polar surface area (TPSA) is 84.9 Å². The van der Waals surface area contributed by atoms with Crippen molar-refractivity contribution in [3.8, 4) is 11.5 Å². The third-order valence-corrected chi connectivity index (χ3v) is 6.68. The quantitative estimate of drug-likeness (QED) is 0.553. The summed E-state index contributed by atoms with van der Waals surface area (Å²) in [5.41, 5.74) is 2.66. The number of hydrogen-bond donors (Lipinski definition) is 1. The fraction of sp³-hybridized carbons (Fsp3) is 0.208. The first-order chi connectivity index (χ1) is 15.3. The summed E-state index contributed by atoms with van der Waals surface area (Å²) in [6.45, 7) is 3.36. The molecule has 0 aliphatic rings. The van der Waals surface area contributed by atoms with E-state index in [-0.39, 0.29) is 4.90 Å².